The van der Waals surface area contributed by atoms with Crippen molar-refractivity contribution in [3.63, 3.8) is 0 Å². The molecule has 0 aromatic heterocycles. The van der Waals surface area contributed by atoms with Crippen LogP contribution >= 0.6 is 12.4 Å². The molecule has 2 N–H and O–H groups in total. The maximum atomic E-state index is 13.6. The van der Waals surface area contributed by atoms with Crippen LogP contribution in [-0.2, 0) is 17.6 Å². The molecule has 3 aromatic rings. The van der Waals surface area contributed by atoms with Gasteiger partial charge in [-0.2, -0.15) is 0 Å². The zero-order chi connectivity index (χ0) is 23.2. The number of para-hydroxylation sites is 1. The van der Waals surface area contributed by atoms with Gasteiger partial charge in [-0.3, -0.25) is 4.79 Å². The zero-order valence-electron chi connectivity index (χ0n) is 18.6. The largest absolute Gasteiger partial charge is 0.490 e. The van der Waals surface area contributed by atoms with Crippen LogP contribution in [0, 0.1) is 17.6 Å². The Morgan fingerprint density at radius 3 is 2.47 bits per heavy atom. The Hall–Kier alpha value is -3.16. The zero-order valence-corrected chi connectivity index (χ0v) is 19.4. The predicted molar refractivity (Wildman–Crippen MR) is 130 cm³/mol. The number of nitrogens with two attached hydrogens (primary N) is 1. The molecule has 3 aromatic carbocycles. The molecule has 0 spiro atoms. The van der Waals surface area contributed by atoms with Crippen molar-refractivity contribution in [3.8, 4) is 11.5 Å². The summed E-state index contributed by atoms with van der Waals surface area (Å²) < 4.78 is 37.4. The highest BCUT2D eigenvalue weighted by Crippen LogP contribution is 2.29. The minimum Gasteiger partial charge on any atom is -0.490 e. The van der Waals surface area contributed by atoms with Crippen LogP contribution in [-0.4, -0.2) is 32.2 Å². The van der Waals surface area contributed by atoms with Gasteiger partial charge >= 0.3 is 0 Å². The average Bonchev–Trinajstić information content (AvgIpc) is 3.26. The molecule has 1 amide bonds. The van der Waals surface area contributed by atoms with E-state index in [0.717, 1.165) is 29.8 Å². The monoisotopic (exact) mass is 488 g/mol. The molecule has 5 nitrogen and oxygen atoms in total. The normalized spacial score (nSPS) is 13.1. The van der Waals surface area contributed by atoms with Crippen LogP contribution in [0.4, 0.5) is 14.5 Å². The van der Waals surface area contributed by atoms with Crippen LogP contribution in [0.5, 0.6) is 11.5 Å². The second-order valence-corrected chi connectivity index (χ2v) is 7.92. The van der Waals surface area contributed by atoms with Gasteiger partial charge in [-0.25, -0.2) is 8.78 Å². The minimum atomic E-state index is -0.749. The number of hydrogen-bond donors (Lipinski definition) is 1. The Morgan fingerprint density at radius 2 is 1.74 bits per heavy atom. The van der Waals surface area contributed by atoms with E-state index in [1.165, 1.54) is 11.6 Å². The third-order valence-corrected chi connectivity index (χ3v) is 5.70. The topological polar surface area (TPSA) is 64.8 Å². The van der Waals surface area contributed by atoms with Crippen LogP contribution in [0.2, 0.25) is 0 Å². The number of rotatable bonds is 9. The van der Waals surface area contributed by atoms with E-state index in [1.54, 1.807) is 0 Å². The Bertz CT molecular complexity index is 1110. The predicted octanol–water partition coefficient (Wildman–Crippen LogP) is 4.55. The maximum absolute atomic E-state index is 13.6. The number of anilines is 1. The highest BCUT2D eigenvalue weighted by molar-refractivity contribution is 5.97. The SMILES string of the molecule is Cl.NCC(Cc1ccc(OCCOc2ccc(F)cc2F)cc1)C(=O)N1CCc2ccccc21. The van der Waals surface area contributed by atoms with E-state index in [9.17, 15) is 13.6 Å². The third-order valence-electron chi connectivity index (χ3n) is 5.70. The molecule has 34 heavy (non-hydrogen) atoms. The fourth-order valence-corrected chi connectivity index (χ4v) is 3.97. The van der Waals surface area contributed by atoms with E-state index < -0.39 is 11.6 Å². The lowest BCUT2D eigenvalue weighted by Crippen LogP contribution is -2.39. The summed E-state index contributed by atoms with van der Waals surface area (Å²) in [6.45, 7) is 1.28. The van der Waals surface area contributed by atoms with Crippen molar-refractivity contribution in [2.75, 3.05) is 31.2 Å². The van der Waals surface area contributed by atoms with Gasteiger partial charge in [0, 0.05) is 24.8 Å². The van der Waals surface area contributed by atoms with Gasteiger partial charge in [0.2, 0.25) is 5.91 Å². The van der Waals surface area contributed by atoms with Gasteiger partial charge in [0.05, 0.1) is 5.92 Å². The summed E-state index contributed by atoms with van der Waals surface area (Å²) >= 11 is 0. The molecule has 180 valence electrons. The fourth-order valence-electron chi connectivity index (χ4n) is 3.97. The Kier molecular flexibility index (Phi) is 8.85. The van der Waals surface area contributed by atoms with Gasteiger partial charge in [0.15, 0.2) is 11.6 Å². The Labute approximate surface area is 203 Å². The highest BCUT2D eigenvalue weighted by atomic mass is 35.5. The van der Waals surface area contributed by atoms with Crippen LogP contribution in [0.25, 0.3) is 0 Å². The summed E-state index contributed by atoms with van der Waals surface area (Å²) in [6, 6.07) is 18.6. The number of amides is 1. The number of nitrogens with zero attached hydrogens (tertiary/aromatic N) is 1. The fraction of sp³-hybridized carbons (Fsp3) is 0.269. The van der Waals surface area contributed by atoms with Gasteiger partial charge in [0.1, 0.15) is 24.8 Å². The number of hydrogen-bond acceptors (Lipinski definition) is 4. The van der Waals surface area contributed by atoms with Crippen LogP contribution in [0.1, 0.15) is 11.1 Å². The quantitative estimate of drug-likeness (QED) is 0.449. The van der Waals surface area contributed by atoms with Crippen LogP contribution in [0.3, 0.4) is 0 Å². The first-order valence-corrected chi connectivity index (χ1v) is 10.9. The molecule has 1 atom stereocenters. The summed E-state index contributed by atoms with van der Waals surface area (Å²) in [5.74, 6) is -1.05. The smallest absolute Gasteiger partial charge is 0.231 e. The first kappa shape index (κ1) is 25.5. The summed E-state index contributed by atoms with van der Waals surface area (Å²) in [7, 11) is 0. The lowest BCUT2D eigenvalue weighted by molar-refractivity contribution is -0.122. The molecule has 0 aliphatic carbocycles. The molecule has 0 radical (unpaired) electrons. The van der Waals surface area contributed by atoms with Crippen molar-refractivity contribution in [2.24, 2.45) is 11.7 Å². The standard InChI is InChI=1S/C26H26F2N2O3.ClH/c27-21-7-10-25(23(28)16-21)33-14-13-32-22-8-5-18(6-9-22)15-20(17-29)26(31)30-12-11-19-3-1-2-4-24(19)30;/h1-10,16,20H,11-15,17,29H2;1H. The van der Waals surface area contributed by atoms with E-state index in [-0.39, 0.29) is 49.7 Å². The van der Waals surface area contributed by atoms with Crippen molar-refractivity contribution >= 4 is 24.0 Å². The molecular weight excluding hydrogens is 462 g/mol. The molecule has 1 aliphatic rings. The number of ether oxygens (including phenoxy) is 2. The average molecular weight is 489 g/mol. The number of halogens is 3. The minimum absolute atomic E-state index is 0. The molecule has 1 heterocycles. The summed E-state index contributed by atoms with van der Waals surface area (Å²) in [5, 5.41) is 0. The van der Waals surface area contributed by atoms with E-state index in [0.29, 0.717) is 18.7 Å². The van der Waals surface area contributed by atoms with Crippen molar-refractivity contribution < 1.29 is 23.0 Å². The maximum Gasteiger partial charge on any atom is 0.231 e. The number of fused-ring (bicyclic) bond motifs is 1. The van der Waals surface area contributed by atoms with Gasteiger partial charge in [-0.05, 0) is 54.3 Å². The van der Waals surface area contributed by atoms with Gasteiger partial charge in [-0.15, -0.1) is 12.4 Å². The van der Waals surface area contributed by atoms with Gasteiger partial charge in [0.25, 0.3) is 0 Å². The van der Waals surface area contributed by atoms with E-state index >= 15 is 0 Å². The molecule has 0 saturated carbocycles. The number of carbonyl (C=O) groups is 1. The lowest BCUT2D eigenvalue weighted by Gasteiger charge is -2.23. The van der Waals surface area contributed by atoms with E-state index in [2.05, 4.69) is 6.07 Å². The summed E-state index contributed by atoms with van der Waals surface area (Å²) in [6.07, 6.45) is 1.41. The van der Waals surface area contributed by atoms with Crippen molar-refractivity contribution in [2.45, 2.75) is 12.8 Å². The summed E-state index contributed by atoms with van der Waals surface area (Å²) in [4.78, 5) is 14.9. The van der Waals surface area contributed by atoms with E-state index in [4.69, 9.17) is 15.2 Å². The molecule has 0 bridgehead atoms. The lowest BCUT2D eigenvalue weighted by atomic mass is 9.97. The number of carbonyl (C=O) groups excluding carboxylic acids is 1. The molecule has 4 rings (SSSR count). The van der Waals surface area contributed by atoms with Crippen molar-refractivity contribution in [1.82, 2.24) is 0 Å². The molecule has 1 aliphatic heterocycles. The first-order chi connectivity index (χ1) is 16.0. The second-order valence-electron chi connectivity index (χ2n) is 7.92. The van der Waals surface area contributed by atoms with Crippen LogP contribution < -0.4 is 20.1 Å². The molecular formula is C26H27ClF2N2O3. The third kappa shape index (κ3) is 6.04. The first-order valence-electron chi connectivity index (χ1n) is 10.9. The Morgan fingerprint density at radius 1 is 1.00 bits per heavy atom. The highest BCUT2D eigenvalue weighted by Gasteiger charge is 2.29. The molecule has 0 saturated heterocycles. The van der Waals surface area contributed by atoms with Crippen molar-refractivity contribution in [1.29, 1.82) is 0 Å². The van der Waals surface area contributed by atoms with Gasteiger partial charge < -0.3 is 20.1 Å². The van der Waals surface area contributed by atoms with Crippen molar-refractivity contribution in [3.05, 3.63) is 89.5 Å². The Balaban J connectivity index is 0.00000324. The molecule has 0 fully saturated rings. The second kappa shape index (κ2) is 11.8. The van der Waals surface area contributed by atoms with E-state index in [1.807, 2.05) is 47.4 Å². The summed E-state index contributed by atoms with van der Waals surface area (Å²) in [5.41, 5.74) is 9.11. The van der Waals surface area contributed by atoms with Gasteiger partial charge in [-0.1, -0.05) is 30.3 Å². The van der Waals surface area contributed by atoms with Crippen LogP contribution in [0.15, 0.2) is 66.7 Å². The number of benzene rings is 3. The molecule has 8 heteroatoms. The molecule has 1 unspecified atom stereocenters.